The minimum absolute atomic E-state index is 0.511. The molecule has 0 heteroatoms. The van der Waals surface area contributed by atoms with Gasteiger partial charge in [0.25, 0.3) is 0 Å². The van der Waals surface area contributed by atoms with Gasteiger partial charge in [0.1, 0.15) is 0 Å². The van der Waals surface area contributed by atoms with Gasteiger partial charge >= 0.3 is 0 Å². The fourth-order valence-electron chi connectivity index (χ4n) is 8.32. The molecule has 0 aliphatic rings. The van der Waals surface area contributed by atoms with Crippen molar-refractivity contribution < 1.29 is 0 Å². The summed E-state index contributed by atoms with van der Waals surface area (Å²) in [6, 6.07) is 0. The summed E-state index contributed by atoms with van der Waals surface area (Å²) in [5.74, 6) is 0. The standard InChI is InChI=1S/C49H100/c1-11-12-13-14-18-28-35-42-49(43-36-29-22-15-19-25-32-39-46(2,3)4,44-37-30-23-16-20-26-33-40-47(5,6)7)45-38-31-24-17-21-27-34-41-48(8,9)10/h11-45H2,1-10H3. The summed E-state index contributed by atoms with van der Waals surface area (Å²) in [4.78, 5) is 0. The first-order chi connectivity index (χ1) is 23.2. The molecular formula is C49H100. The molecule has 0 saturated heterocycles. The zero-order chi connectivity index (χ0) is 36.7. The van der Waals surface area contributed by atoms with Gasteiger partial charge in [-0.15, -0.1) is 0 Å². The Morgan fingerprint density at radius 3 is 0.551 bits per heavy atom. The molecule has 0 amide bonds. The molecule has 0 aliphatic heterocycles. The van der Waals surface area contributed by atoms with E-state index in [9.17, 15) is 0 Å². The van der Waals surface area contributed by atoms with Crippen LogP contribution in [0.4, 0.5) is 0 Å². The minimum Gasteiger partial charge on any atom is -0.0654 e. The van der Waals surface area contributed by atoms with Crippen molar-refractivity contribution in [3.8, 4) is 0 Å². The van der Waals surface area contributed by atoms with E-state index in [0.717, 1.165) is 0 Å². The fourth-order valence-corrected chi connectivity index (χ4v) is 8.32. The van der Waals surface area contributed by atoms with Crippen molar-refractivity contribution in [2.24, 2.45) is 21.7 Å². The average Bonchev–Trinajstić information content (AvgIpc) is 3.00. The second-order valence-corrected chi connectivity index (χ2v) is 21.0. The van der Waals surface area contributed by atoms with Crippen LogP contribution in [0, 0.1) is 21.7 Å². The molecule has 0 bridgehead atoms. The SMILES string of the molecule is CCCCCCCCCC(CCCCCCCCCC(C)(C)C)(CCCCCCCCCC(C)(C)C)CCCCCCCCCC(C)(C)C. The lowest BCUT2D eigenvalue weighted by Gasteiger charge is -2.35. The van der Waals surface area contributed by atoms with Crippen LogP contribution in [0.25, 0.3) is 0 Å². The molecule has 49 heavy (non-hydrogen) atoms. The van der Waals surface area contributed by atoms with Crippen molar-refractivity contribution in [1.29, 1.82) is 0 Å². The average molecular weight is 689 g/mol. The van der Waals surface area contributed by atoms with Crippen LogP contribution < -0.4 is 0 Å². The molecule has 0 rings (SSSR count). The van der Waals surface area contributed by atoms with Gasteiger partial charge in [0, 0.05) is 0 Å². The molecule has 0 saturated carbocycles. The molecule has 0 nitrogen and oxygen atoms in total. The molecule has 0 aromatic rings. The predicted molar refractivity (Wildman–Crippen MR) is 228 cm³/mol. The Kier molecular flexibility index (Phi) is 30.5. The molecule has 0 aromatic heterocycles. The van der Waals surface area contributed by atoms with Crippen molar-refractivity contribution in [3.63, 3.8) is 0 Å². The van der Waals surface area contributed by atoms with Crippen LogP contribution in [0.3, 0.4) is 0 Å². The van der Waals surface area contributed by atoms with E-state index >= 15 is 0 Å². The fraction of sp³-hybridized carbons (Fsp3) is 1.00. The highest BCUT2D eigenvalue weighted by Gasteiger charge is 2.28. The largest absolute Gasteiger partial charge is 0.0654 e. The van der Waals surface area contributed by atoms with Crippen molar-refractivity contribution >= 4 is 0 Å². The second-order valence-electron chi connectivity index (χ2n) is 21.0. The summed E-state index contributed by atoms with van der Waals surface area (Å²) in [6.45, 7) is 23.9. The highest BCUT2D eigenvalue weighted by Crippen LogP contribution is 2.42. The molecule has 0 heterocycles. The van der Waals surface area contributed by atoms with Crippen LogP contribution in [0.2, 0.25) is 0 Å². The second kappa shape index (κ2) is 30.5. The van der Waals surface area contributed by atoms with Crippen molar-refractivity contribution in [3.05, 3.63) is 0 Å². The Hall–Kier alpha value is 0. The van der Waals surface area contributed by atoms with Gasteiger partial charge in [0.05, 0.1) is 0 Å². The summed E-state index contributed by atoms with van der Waals surface area (Å²) in [7, 11) is 0. The van der Waals surface area contributed by atoms with Crippen molar-refractivity contribution in [2.45, 2.75) is 294 Å². The summed E-state index contributed by atoms with van der Waals surface area (Å²) in [6.07, 6.45) is 51.4. The maximum absolute atomic E-state index is 2.40. The van der Waals surface area contributed by atoms with Crippen LogP contribution in [0.1, 0.15) is 294 Å². The summed E-state index contributed by atoms with van der Waals surface area (Å²) in [5, 5.41) is 0. The minimum atomic E-state index is 0.511. The third kappa shape index (κ3) is 37.6. The third-order valence-electron chi connectivity index (χ3n) is 11.7. The molecule has 0 aliphatic carbocycles. The van der Waals surface area contributed by atoms with E-state index in [1.807, 2.05) is 0 Å². The van der Waals surface area contributed by atoms with Crippen LogP contribution in [-0.4, -0.2) is 0 Å². The van der Waals surface area contributed by atoms with Crippen LogP contribution in [-0.2, 0) is 0 Å². The molecule has 0 aromatic carbocycles. The normalized spacial score (nSPS) is 13.1. The van der Waals surface area contributed by atoms with E-state index in [1.54, 1.807) is 0 Å². The van der Waals surface area contributed by atoms with E-state index < -0.39 is 0 Å². The van der Waals surface area contributed by atoms with Gasteiger partial charge < -0.3 is 0 Å². The quantitative estimate of drug-likeness (QED) is 0.0581. The van der Waals surface area contributed by atoms with Gasteiger partial charge in [-0.3, -0.25) is 0 Å². The van der Waals surface area contributed by atoms with Crippen LogP contribution in [0.15, 0.2) is 0 Å². The Morgan fingerprint density at radius 1 is 0.204 bits per heavy atom. The number of hydrogen-bond acceptors (Lipinski definition) is 0. The van der Waals surface area contributed by atoms with E-state index in [-0.39, 0.29) is 0 Å². The topological polar surface area (TPSA) is 0 Å². The van der Waals surface area contributed by atoms with E-state index in [2.05, 4.69) is 69.2 Å². The predicted octanol–water partition coefficient (Wildman–Crippen LogP) is 18.8. The lowest BCUT2D eigenvalue weighted by Crippen LogP contribution is -2.21. The van der Waals surface area contributed by atoms with Gasteiger partial charge in [0.15, 0.2) is 0 Å². The lowest BCUT2D eigenvalue weighted by atomic mass is 9.70. The van der Waals surface area contributed by atoms with Crippen molar-refractivity contribution in [1.82, 2.24) is 0 Å². The van der Waals surface area contributed by atoms with Gasteiger partial charge in [0.2, 0.25) is 0 Å². The molecule has 0 spiro atoms. The first-order valence-corrected chi connectivity index (χ1v) is 23.2. The van der Waals surface area contributed by atoms with E-state index in [1.165, 1.54) is 225 Å². The zero-order valence-electron chi connectivity index (χ0n) is 36.7. The third-order valence-corrected chi connectivity index (χ3v) is 11.7. The monoisotopic (exact) mass is 689 g/mol. The smallest absolute Gasteiger partial charge is 0.0297 e. The lowest BCUT2D eigenvalue weighted by molar-refractivity contribution is 0.171. The van der Waals surface area contributed by atoms with Crippen LogP contribution >= 0.6 is 0 Å². The highest BCUT2D eigenvalue weighted by molar-refractivity contribution is 4.80. The summed E-state index contributed by atoms with van der Waals surface area (Å²) in [5.41, 5.74) is 2.18. The molecule has 296 valence electrons. The Bertz CT molecular complexity index is 585. The Balaban J connectivity index is 4.95. The summed E-state index contributed by atoms with van der Waals surface area (Å²) < 4.78 is 0. The van der Waals surface area contributed by atoms with Gasteiger partial charge in [-0.1, -0.05) is 249 Å². The van der Waals surface area contributed by atoms with E-state index in [0.29, 0.717) is 21.7 Å². The first-order valence-electron chi connectivity index (χ1n) is 23.2. The number of rotatable bonds is 35. The Labute approximate surface area is 314 Å². The number of hydrogen-bond donors (Lipinski definition) is 0. The van der Waals surface area contributed by atoms with Gasteiger partial charge in [-0.25, -0.2) is 0 Å². The Morgan fingerprint density at radius 2 is 0.367 bits per heavy atom. The van der Waals surface area contributed by atoms with Gasteiger partial charge in [-0.05, 0) is 66.6 Å². The summed E-state index contributed by atoms with van der Waals surface area (Å²) >= 11 is 0. The van der Waals surface area contributed by atoms with Gasteiger partial charge in [-0.2, -0.15) is 0 Å². The number of unbranched alkanes of at least 4 members (excludes halogenated alkanes) is 24. The molecule has 0 radical (unpaired) electrons. The first kappa shape index (κ1) is 49.0. The highest BCUT2D eigenvalue weighted by atomic mass is 14.3. The zero-order valence-corrected chi connectivity index (χ0v) is 36.7. The molecule has 0 atom stereocenters. The molecule has 0 N–H and O–H groups in total. The maximum Gasteiger partial charge on any atom is -0.0297 e. The van der Waals surface area contributed by atoms with E-state index in [4.69, 9.17) is 0 Å². The maximum atomic E-state index is 2.40. The molecule has 0 fully saturated rings. The molecule has 0 unspecified atom stereocenters. The van der Waals surface area contributed by atoms with Crippen molar-refractivity contribution in [2.75, 3.05) is 0 Å². The molecular weight excluding hydrogens is 589 g/mol. The van der Waals surface area contributed by atoms with Crippen LogP contribution in [0.5, 0.6) is 0 Å².